The molecule has 0 unspecified atom stereocenters. The summed E-state index contributed by atoms with van der Waals surface area (Å²) in [5, 5.41) is 2.69. The number of nitrogens with zero attached hydrogens (tertiary/aromatic N) is 2. The van der Waals surface area contributed by atoms with E-state index < -0.39 is 23.5 Å². The molecule has 0 saturated heterocycles. The number of hydrogen-bond donors (Lipinski definition) is 0. The van der Waals surface area contributed by atoms with Crippen LogP contribution in [0.25, 0.3) is 88.4 Å². The zero-order valence-electron chi connectivity index (χ0n) is 32.9. The van der Waals surface area contributed by atoms with Crippen molar-refractivity contribution in [3.8, 4) is 44.8 Å². The van der Waals surface area contributed by atoms with Gasteiger partial charge in [-0.25, -0.2) is 0 Å². The highest BCUT2D eigenvalue weighted by Crippen LogP contribution is 2.43. The molecule has 0 atom stereocenters. The average molecular weight is 813 g/mol. The van der Waals surface area contributed by atoms with Gasteiger partial charge in [0.1, 0.15) is 0 Å². The molecule has 1 aliphatic carbocycles. The van der Waals surface area contributed by atoms with Crippen LogP contribution < -0.4 is 0 Å². The first-order chi connectivity index (χ1) is 29.3. The SMILES string of the molecule is Cc1ccc2c(c1)c1cc(C(F)(F)F)ccc1n2-c1ccc(-c2ccc3c(c2)-c2cc(-c4ccc(-n5c6ccc(C)cc6c6cc(C(F)(F)F)ccc65)cc4)ccc2C3)cc1. The van der Waals surface area contributed by atoms with E-state index in [2.05, 4.69) is 60.7 Å². The lowest BCUT2D eigenvalue weighted by atomic mass is 9.96. The second kappa shape index (κ2) is 13.2. The van der Waals surface area contributed by atoms with Crippen LogP contribution in [0.1, 0.15) is 33.4 Å². The smallest absolute Gasteiger partial charge is 0.309 e. The molecule has 2 aromatic heterocycles. The molecule has 10 aromatic rings. The van der Waals surface area contributed by atoms with Crippen LogP contribution in [0.3, 0.4) is 0 Å². The minimum Gasteiger partial charge on any atom is -0.309 e. The van der Waals surface area contributed by atoms with Crippen molar-refractivity contribution >= 4 is 43.6 Å². The van der Waals surface area contributed by atoms with Gasteiger partial charge in [0, 0.05) is 32.9 Å². The van der Waals surface area contributed by atoms with E-state index in [0.717, 1.165) is 85.1 Å². The highest BCUT2D eigenvalue weighted by atomic mass is 19.4. The number of rotatable bonds is 4. The minimum atomic E-state index is -4.44. The molecule has 0 aliphatic heterocycles. The number of aryl methyl sites for hydroxylation is 2. The van der Waals surface area contributed by atoms with E-state index in [9.17, 15) is 26.3 Å². The number of halogens is 6. The number of benzene rings is 8. The molecule has 0 radical (unpaired) electrons. The molecule has 2 nitrogen and oxygen atoms in total. The van der Waals surface area contributed by atoms with Gasteiger partial charge in [0.2, 0.25) is 0 Å². The zero-order chi connectivity index (χ0) is 41.9. The van der Waals surface area contributed by atoms with Gasteiger partial charge in [-0.1, -0.05) is 71.8 Å². The van der Waals surface area contributed by atoms with Gasteiger partial charge >= 0.3 is 12.4 Å². The predicted octanol–water partition coefficient (Wildman–Crippen LogP) is 15.4. The molecule has 1 aliphatic rings. The van der Waals surface area contributed by atoms with E-state index >= 15 is 0 Å². The van der Waals surface area contributed by atoms with Crippen LogP contribution in [0.5, 0.6) is 0 Å². The van der Waals surface area contributed by atoms with Gasteiger partial charge in [0.05, 0.1) is 33.2 Å². The molecule has 8 aromatic carbocycles. The Bertz CT molecular complexity index is 3190. The van der Waals surface area contributed by atoms with Crippen molar-refractivity contribution in [3.63, 3.8) is 0 Å². The molecular weight excluding hydrogens is 779 g/mol. The largest absolute Gasteiger partial charge is 0.416 e. The fourth-order valence-corrected chi connectivity index (χ4v) is 9.32. The van der Waals surface area contributed by atoms with Crippen molar-refractivity contribution in [2.24, 2.45) is 0 Å². The Morgan fingerprint density at radius 1 is 0.361 bits per heavy atom. The molecule has 11 rings (SSSR count). The molecule has 8 heteroatoms. The fourth-order valence-electron chi connectivity index (χ4n) is 9.32. The Labute approximate surface area is 346 Å². The molecule has 0 N–H and O–H groups in total. The van der Waals surface area contributed by atoms with E-state index in [0.29, 0.717) is 21.8 Å². The maximum Gasteiger partial charge on any atom is 0.416 e. The number of hydrogen-bond acceptors (Lipinski definition) is 0. The zero-order valence-corrected chi connectivity index (χ0v) is 32.9. The van der Waals surface area contributed by atoms with Gasteiger partial charge in [0.25, 0.3) is 0 Å². The standard InChI is InChI=1S/C53H34F6N2/c1-30-3-19-48-44(23-30)46-28-38(52(54,55)56)13-21-50(46)60(48)40-15-9-32(10-16-40)34-5-7-36-25-37-8-6-35(27-43(37)42(36)26-34)33-11-17-41(18-12-33)61-49-20-4-31(2)24-45(49)47-29-39(53(57,58)59)14-22-51(47)61/h3-24,26-29H,25H2,1-2H3. The summed E-state index contributed by atoms with van der Waals surface area (Å²) in [6.45, 7) is 3.88. The third-order valence-electron chi connectivity index (χ3n) is 12.3. The van der Waals surface area contributed by atoms with E-state index in [1.165, 1.54) is 34.4 Å². The van der Waals surface area contributed by atoms with Crippen LogP contribution >= 0.6 is 0 Å². The lowest BCUT2D eigenvalue weighted by Crippen LogP contribution is -2.04. The normalized spacial score (nSPS) is 12.9. The second-order valence-electron chi connectivity index (χ2n) is 16.2. The van der Waals surface area contributed by atoms with Crippen LogP contribution in [0.4, 0.5) is 26.3 Å². The summed E-state index contributed by atoms with van der Waals surface area (Å²) in [6.07, 6.45) is -8.05. The van der Waals surface area contributed by atoms with Crippen LogP contribution in [0.2, 0.25) is 0 Å². The Morgan fingerprint density at radius 2 is 0.705 bits per heavy atom. The van der Waals surface area contributed by atoms with Crippen molar-refractivity contribution in [2.45, 2.75) is 32.6 Å². The molecular formula is C53H34F6N2. The van der Waals surface area contributed by atoms with Gasteiger partial charge in [-0.3, -0.25) is 0 Å². The highest BCUT2D eigenvalue weighted by molar-refractivity contribution is 6.11. The van der Waals surface area contributed by atoms with Crippen LogP contribution in [0.15, 0.2) is 158 Å². The summed E-state index contributed by atoms with van der Waals surface area (Å²) in [5.74, 6) is 0. The van der Waals surface area contributed by atoms with Crippen molar-refractivity contribution in [1.82, 2.24) is 9.13 Å². The monoisotopic (exact) mass is 812 g/mol. The lowest BCUT2D eigenvalue weighted by Gasteiger charge is -2.12. The average Bonchev–Trinajstić information content (AvgIpc) is 3.89. The maximum absolute atomic E-state index is 13.7. The topological polar surface area (TPSA) is 9.86 Å². The van der Waals surface area contributed by atoms with Gasteiger partial charge in [-0.2, -0.15) is 26.3 Å². The van der Waals surface area contributed by atoms with E-state index in [-0.39, 0.29) is 0 Å². The van der Waals surface area contributed by atoms with Gasteiger partial charge in [0.15, 0.2) is 0 Å². The minimum absolute atomic E-state index is 0.564. The Hall–Kier alpha value is -7.06. The van der Waals surface area contributed by atoms with Gasteiger partial charge < -0.3 is 9.13 Å². The number of alkyl halides is 6. The summed E-state index contributed by atoms with van der Waals surface area (Å²) >= 11 is 0. The summed E-state index contributed by atoms with van der Waals surface area (Å²) in [6, 6.07) is 49.2. The first-order valence-electron chi connectivity index (χ1n) is 20.0. The van der Waals surface area contributed by atoms with Crippen molar-refractivity contribution in [2.75, 3.05) is 0 Å². The molecule has 298 valence electrons. The van der Waals surface area contributed by atoms with Crippen LogP contribution in [0, 0.1) is 13.8 Å². The van der Waals surface area contributed by atoms with Gasteiger partial charge in [-0.05, 0) is 162 Å². The Kier molecular flexibility index (Phi) is 8.01. The second-order valence-corrected chi connectivity index (χ2v) is 16.2. The molecule has 0 fully saturated rings. The molecule has 0 bridgehead atoms. The van der Waals surface area contributed by atoms with Gasteiger partial charge in [-0.15, -0.1) is 0 Å². The van der Waals surface area contributed by atoms with Crippen LogP contribution in [-0.2, 0) is 18.8 Å². The highest BCUT2D eigenvalue weighted by Gasteiger charge is 2.32. The maximum atomic E-state index is 13.7. The van der Waals surface area contributed by atoms with E-state index in [1.807, 2.05) is 83.6 Å². The summed E-state index contributed by atoms with van der Waals surface area (Å²) in [7, 11) is 0. The summed E-state index contributed by atoms with van der Waals surface area (Å²) < 4.78 is 86.5. The quantitative estimate of drug-likeness (QED) is 0.157. The molecule has 61 heavy (non-hydrogen) atoms. The van der Waals surface area contributed by atoms with Crippen molar-refractivity contribution < 1.29 is 26.3 Å². The van der Waals surface area contributed by atoms with E-state index in [1.54, 1.807) is 12.1 Å². The summed E-state index contributed by atoms with van der Waals surface area (Å²) in [4.78, 5) is 0. The number of aromatic nitrogens is 2. The fraction of sp³-hybridized carbons (Fsp3) is 0.0943. The summed E-state index contributed by atoms with van der Waals surface area (Å²) in [5.41, 5.74) is 14.5. The molecule has 0 spiro atoms. The first kappa shape index (κ1) is 37.0. The third kappa shape index (κ3) is 6.03. The third-order valence-corrected chi connectivity index (χ3v) is 12.3. The molecule has 0 amide bonds. The molecule has 2 heterocycles. The van der Waals surface area contributed by atoms with Crippen LogP contribution in [-0.4, -0.2) is 9.13 Å². The lowest BCUT2D eigenvalue weighted by molar-refractivity contribution is -0.138. The van der Waals surface area contributed by atoms with Crippen molar-refractivity contribution in [3.05, 3.63) is 191 Å². The Morgan fingerprint density at radius 3 is 1.08 bits per heavy atom. The predicted molar refractivity (Wildman–Crippen MR) is 234 cm³/mol. The Balaban J connectivity index is 0.918. The first-order valence-corrected chi connectivity index (χ1v) is 20.0. The van der Waals surface area contributed by atoms with E-state index in [4.69, 9.17) is 0 Å². The number of fused-ring (bicyclic) bond motifs is 9. The molecule has 0 saturated carbocycles. The van der Waals surface area contributed by atoms with Crippen molar-refractivity contribution in [1.29, 1.82) is 0 Å².